The number of amides is 1. The Kier molecular flexibility index (Phi) is 12.5. The molecule has 1 aliphatic heterocycles. The van der Waals surface area contributed by atoms with Crippen LogP contribution < -0.4 is 16.0 Å². The van der Waals surface area contributed by atoms with Crippen LogP contribution in [0.1, 0.15) is 43.9 Å². The van der Waals surface area contributed by atoms with E-state index in [0.717, 1.165) is 56.6 Å². The van der Waals surface area contributed by atoms with Crippen LogP contribution in [0, 0.1) is 0 Å². The lowest BCUT2D eigenvalue weighted by atomic mass is 10.0. The van der Waals surface area contributed by atoms with E-state index in [1.54, 1.807) is 6.92 Å². The van der Waals surface area contributed by atoms with Gasteiger partial charge in [0, 0.05) is 75.4 Å². The van der Waals surface area contributed by atoms with Crippen LogP contribution in [-0.2, 0) is 38.7 Å². The van der Waals surface area contributed by atoms with Gasteiger partial charge in [0.25, 0.3) is 0 Å². The second kappa shape index (κ2) is 15.8. The quantitative estimate of drug-likeness (QED) is 0.271. The number of nitrogens with zero attached hydrogens (tertiary/aromatic N) is 3. The number of nitrogens with one attached hydrogen (secondary N) is 3. The van der Waals surface area contributed by atoms with Crippen molar-refractivity contribution in [3.63, 3.8) is 0 Å². The summed E-state index contributed by atoms with van der Waals surface area (Å²) in [5, 5.41) is 11.2. The molecule has 0 saturated carbocycles. The molecule has 1 aliphatic rings. The number of carbonyl (C=O) groups is 2. The number of hydrogen-bond donors (Lipinski definition) is 3. The minimum atomic E-state index is 0.141. The van der Waals surface area contributed by atoms with Crippen LogP contribution in [0.15, 0.2) is 18.3 Å². The fourth-order valence-corrected chi connectivity index (χ4v) is 4.85. The summed E-state index contributed by atoms with van der Waals surface area (Å²) < 4.78 is 13.2. The molecule has 10 heteroatoms. The van der Waals surface area contributed by atoms with E-state index in [1.165, 1.54) is 11.3 Å². The van der Waals surface area contributed by atoms with Gasteiger partial charge in [-0.15, -0.1) is 0 Å². The maximum absolute atomic E-state index is 13.1. The van der Waals surface area contributed by atoms with Crippen molar-refractivity contribution in [2.24, 2.45) is 0 Å². The molecule has 2 aromatic heterocycles. The van der Waals surface area contributed by atoms with Crippen LogP contribution >= 0.6 is 0 Å². The molecular formula is C27H44N6O4. The molecule has 3 heterocycles. The van der Waals surface area contributed by atoms with E-state index in [-0.39, 0.29) is 11.7 Å². The Morgan fingerprint density at radius 3 is 2.46 bits per heavy atom. The van der Waals surface area contributed by atoms with Gasteiger partial charge in [0.2, 0.25) is 5.91 Å². The summed E-state index contributed by atoms with van der Waals surface area (Å²) in [7, 11) is 3.90. The molecule has 0 spiro atoms. The van der Waals surface area contributed by atoms with Crippen LogP contribution in [0.4, 0.5) is 0 Å². The molecule has 3 N–H and O–H groups in total. The first-order valence-electron chi connectivity index (χ1n) is 13.4. The number of pyridine rings is 1. The Balaban J connectivity index is 1.39. The van der Waals surface area contributed by atoms with Crippen molar-refractivity contribution >= 4 is 22.7 Å². The molecule has 0 atom stereocenters. The molecule has 37 heavy (non-hydrogen) atoms. The standard InChI is InChI=1S/C27H44N6O4/c1-21(34)9-15-36-17-18-37-16-11-30-22-6-12-32(13-7-22)26(35)8-14-33-25(20-29-3)24(19-28-2)23-5-4-10-31-27(23)33/h4-5,10,22,28-30H,6-9,11-20H2,1-3H3. The van der Waals surface area contributed by atoms with Crippen molar-refractivity contribution in [1.29, 1.82) is 0 Å². The molecule has 2 aromatic rings. The van der Waals surface area contributed by atoms with Crippen molar-refractivity contribution in [2.45, 2.75) is 58.3 Å². The third-order valence-electron chi connectivity index (χ3n) is 6.79. The average molecular weight is 517 g/mol. The Morgan fingerprint density at radius 1 is 1.03 bits per heavy atom. The molecular weight excluding hydrogens is 472 g/mol. The zero-order valence-corrected chi connectivity index (χ0v) is 22.7. The lowest BCUT2D eigenvalue weighted by Gasteiger charge is -2.32. The number of hydrogen-bond acceptors (Lipinski definition) is 8. The maximum Gasteiger partial charge on any atom is 0.224 e. The van der Waals surface area contributed by atoms with Crippen molar-refractivity contribution < 1.29 is 19.1 Å². The van der Waals surface area contributed by atoms with E-state index in [9.17, 15) is 9.59 Å². The summed E-state index contributed by atoms with van der Waals surface area (Å²) in [6.45, 7) is 8.15. The average Bonchev–Trinajstić information content (AvgIpc) is 3.19. The second-order valence-electron chi connectivity index (χ2n) is 9.55. The van der Waals surface area contributed by atoms with Crippen LogP contribution in [0.5, 0.6) is 0 Å². The highest BCUT2D eigenvalue weighted by Gasteiger charge is 2.23. The van der Waals surface area contributed by atoms with Gasteiger partial charge in [0.1, 0.15) is 11.4 Å². The molecule has 0 aliphatic carbocycles. The lowest BCUT2D eigenvalue weighted by Crippen LogP contribution is -2.45. The molecule has 1 fully saturated rings. The van der Waals surface area contributed by atoms with E-state index in [1.807, 2.05) is 31.3 Å². The molecule has 1 saturated heterocycles. The number of ether oxygens (including phenoxy) is 2. The van der Waals surface area contributed by atoms with Gasteiger partial charge >= 0.3 is 0 Å². The van der Waals surface area contributed by atoms with Gasteiger partial charge in [-0.3, -0.25) is 9.59 Å². The first kappa shape index (κ1) is 29.2. The van der Waals surface area contributed by atoms with Gasteiger partial charge in [-0.2, -0.15) is 0 Å². The fourth-order valence-electron chi connectivity index (χ4n) is 4.85. The second-order valence-corrected chi connectivity index (χ2v) is 9.55. The van der Waals surface area contributed by atoms with Crippen molar-refractivity contribution in [2.75, 3.05) is 60.2 Å². The molecule has 0 unspecified atom stereocenters. The smallest absolute Gasteiger partial charge is 0.224 e. The molecule has 1 amide bonds. The Labute approximate surface area is 220 Å². The van der Waals surface area contributed by atoms with Crippen LogP contribution in [0.3, 0.4) is 0 Å². The number of rotatable bonds is 17. The third-order valence-corrected chi connectivity index (χ3v) is 6.79. The summed E-state index contributed by atoms with van der Waals surface area (Å²) in [6.07, 6.45) is 4.64. The minimum absolute atomic E-state index is 0.141. The molecule has 0 aromatic carbocycles. The number of aryl methyl sites for hydroxylation is 1. The van der Waals surface area contributed by atoms with E-state index in [4.69, 9.17) is 9.47 Å². The van der Waals surface area contributed by atoms with Gasteiger partial charge in [-0.25, -0.2) is 4.98 Å². The van der Waals surface area contributed by atoms with Crippen LogP contribution in [0.25, 0.3) is 11.0 Å². The summed E-state index contributed by atoms with van der Waals surface area (Å²) >= 11 is 0. The molecule has 206 valence electrons. The first-order chi connectivity index (χ1) is 18.0. The van der Waals surface area contributed by atoms with E-state index in [2.05, 4.69) is 31.6 Å². The highest BCUT2D eigenvalue weighted by Crippen LogP contribution is 2.25. The maximum atomic E-state index is 13.1. The number of fused-ring (bicyclic) bond motifs is 1. The van der Waals surface area contributed by atoms with E-state index >= 15 is 0 Å². The van der Waals surface area contributed by atoms with Crippen molar-refractivity contribution in [1.82, 2.24) is 30.4 Å². The fraction of sp³-hybridized carbons (Fsp3) is 0.667. The van der Waals surface area contributed by atoms with E-state index in [0.29, 0.717) is 51.9 Å². The number of ketones is 1. The Morgan fingerprint density at radius 2 is 1.76 bits per heavy atom. The number of aromatic nitrogens is 2. The van der Waals surface area contributed by atoms with Gasteiger partial charge in [0.05, 0.1) is 26.4 Å². The molecule has 10 nitrogen and oxygen atoms in total. The van der Waals surface area contributed by atoms with Crippen LogP contribution in [0.2, 0.25) is 0 Å². The molecule has 0 radical (unpaired) electrons. The Hall–Kier alpha value is -2.37. The number of likely N-dealkylation sites (tertiary alicyclic amines) is 1. The zero-order chi connectivity index (χ0) is 26.5. The van der Waals surface area contributed by atoms with E-state index < -0.39 is 0 Å². The number of piperidine rings is 1. The SMILES string of the molecule is CNCc1c(CNC)n(CCC(=O)N2CCC(NCCOCCOCCC(C)=O)CC2)c2ncccc12. The number of Topliss-reactive ketones (excluding diaryl/α,β-unsaturated/α-hetero) is 1. The monoisotopic (exact) mass is 516 g/mol. The van der Waals surface area contributed by atoms with Gasteiger partial charge in [-0.05, 0) is 51.6 Å². The predicted molar refractivity (Wildman–Crippen MR) is 144 cm³/mol. The van der Waals surface area contributed by atoms with Crippen LogP contribution in [-0.4, -0.2) is 92.3 Å². The number of carbonyl (C=O) groups excluding carboxylic acids is 2. The van der Waals surface area contributed by atoms with Crippen molar-refractivity contribution in [3.8, 4) is 0 Å². The summed E-state index contributed by atoms with van der Waals surface area (Å²) in [4.78, 5) is 30.6. The van der Waals surface area contributed by atoms with Crippen molar-refractivity contribution in [3.05, 3.63) is 29.6 Å². The summed E-state index contributed by atoms with van der Waals surface area (Å²) in [5.41, 5.74) is 3.37. The highest BCUT2D eigenvalue weighted by molar-refractivity contribution is 5.83. The first-order valence-corrected chi connectivity index (χ1v) is 13.4. The molecule has 3 rings (SSSR count). The molecule has 0 bridgehead atoms. The topological polar surface area (TPSA) is 110 Å². The largest absolute Gasteiger partial charge is 0.379 e. The zero-order valence-electron chi connectivity index (χ0n) is 22.7. The summed E-state index contributed by atoms with van der Waals surface area (Å²) in [6, 6.07) is 4.49. The predicted octanol–water partition coefficient (Wildman–Crippen LogP) is 1.46. The minimum Gasteiger partial charge on any atom is -0.379 e. The Bertz CT molecular complexity index is 987. The van der Waals surface area contributed by atoms with Gasteiger partial charge in [-0.1, -0.05) is 0 Å². The normalized spacial score (nSPS) is 14.5. The van der Waals surface area contributed by atoms with Gasteiger partial charge in [0.15, 0.2) is 0 Å². The third kappa shape index (κ3) is 8.86. The summed E-state index contributed by atoms with van der Waals surface area (Å²) in [5.74, 6) is 0.344. The highest BCUT2D eigenvalue weighted by atomic mass is 16.5. The van der Waals surface area contributed by atoms with Gasteiger partial charge < -0.3 is 34.9 Å². The lowest BCUT2D eigenvalue weighted by molar-refractivity contribution is -0.132.